The summed E-state index contributed by atoms with van der Waals surface area (Å²) in [5.41, 5.74) is 11.3. The van der Waals surface area contributed by atoms with E-state index in [-0.39, 0.29) is 36.7 Å². The lowest BCUT2D eigenvalue weighted by molar-refractivity contribution is -0.115. The van der Waals surface area contributed by atoms with Crippen LogP contribution in [0.3, 0.4) is 0 Å². The van der Waals surface area contributed by atoms with Gasteiger partial charge >= 0.3 is 5.69 Å². The summed E-state index contributed by atoms with van der Waals surface area (Å²) < 4.78 is 6.34. The van der Waals surface area contributed by atoms with Crippen molar-refractivity contribution in [2.24, 2.45) is 5.73 Å². The first-order valence-electron chi connectivity index (χ1n) is 10.4. The van der Waals surface area contributed by atoms with Crippen LogP contribution in [0.2, 0.25) is 0 Å². The molecule has 3 aromatic rings. The van der Waals surface area contributed by atoms with Gasteiger partial charge in [-0.25, -0.2) is 4.79 Å². The van der Waals surface area contributed by atoms with Crippen LogP contribution in [0.1, 0.15) is 22.3 Å². The summed E-state index contributed by atoms with van der Waals surface area (Å²) in [6.07, 6.45) is 0.492. The number of carbonyl (C=O) groups is 2. The number of carbonyl (C=O) groups excluding carboxylic acids is 2. The van der Waals surface area contributed by atoms with E-state index in [0.717, 1.165) is 16.9 Å². The number of ether oxygens (including phenoxy) is 1. The summed E-state index contributed by atoms with van der Waals surface area (Å²) in [5.74, 6) is -1.21. The third-order valence-electron chi connectivity index (χ3n) is 5.01. The molecule has 0 spiro atoms. The van der Waals surface area contributed by atoms with Crippen LogP contribution in [-0.4, -0.2) is 48.2 Å². The molecule has 3 rings (SSSR count). The summed E-state index contributed by atoms with van der Waals surface area (Å²) in [5, 5.41) is 4.60. The minimum Gasteiger partial charge on any atom is -0.385 e. The molecule has 0 saturated carbocycles. The molecule has 0 atom stereocenters. The summed E-state index contributed by atoms with van der Waals surface area (Å²) in [6.45, 7) is 0.530. The molecule has 2 amide bonds. The summed E-state index contributed by atoms with van der Waals surface area (Å²) in [4.78, 5) is 53.4. The van der Waals surface area contributed by atoms with Crippen molar-refractivity contribution in [1.82, 2.24) is 9.55 Å². The van der Waals surface area contributed by atoms with E-state index >= 15 is 0 Å². The van der Waals surface area contributed by atoms with E-state index in [9.17, 15) is 19.2 Å². The summed E-state index contributed by atoms with van der Waals surface area (Å²) in [7, 11) is 1.54. The van der Waals surface area contributed by atoms with Crippen molar-refractivity contribution in [1.29, 1.82) is 0 Å². The zero-order valence-corrected chi connectivity index (χ0v) is 19.4. The first kappa shape index (κ1) is 24.7. The van der Waals surface area contributed by atoms with Crippen LogP contribution < -0.4 is 32.9 Å². The van der Waals surface area contributed by atoms with Gasteiger partial charge in [0.25, 0.3) is 11.5 Å². The number of hydrogen-bond donors (Lipinski definition) is 4. The first-order chi connectivity index (χ1) is 16.3. The second kappa shape index (κ2) is 11.3. The average Bonchev–Trinajstić information content (AvgIpc) is 3.25. The van der Waals surface area contributed by atoms with Crippen LogP contribution in [0.4, 0.5) is 16.5 Å². The molecule has 180 valence electrons. The van der Waals surface area contributed by atoms with E-state index in [1.54, 1.807) is 12.5 Å². The highest BCUT2D eigenvalue weighted by molar-refractivity contribution is 7.14. The lowest BCUT2D eigenvalue weighted by Gasteiger charge is -2.25. The zero-order valence-electron chi connectivity index (χ0n) is 18.6. The van der Waals surface area contributed by atoms with Crippen molar-refractivity contribution in [3.8, 4) is 0 Å². The fraction of sp³-hybridized carbons (Fsp3) is 0.273. The number of nitrogens with two attached hydrogens (primary N) is 2. The lowest BCUT2D eigenvalue weighted by Crippen LogP contribution is -2.42. The molecule has 0 fully saturated rings. The molecular formula is C22H26N6O5S. The molecule has 0 aliphatic heterocycles. The maximum Gasteiger partial charge on any atom is 0.330 e. The molecule has 0 saturated heterocycles. The van der Waals surface area contributed by atoms with Gasteiger partial charge in [0.2, 0.25) is 5.91 Å². The molecule has 0 radical (unpaired) electrons. The van der Waals surface area contributed by atoms with Crippen molar-refractivity contribution >= 4 is 39.7 Å². The molecule has 1 aromatic carbocycles. The Morgan fingerprint density at radius 1 is 1.21 bits per heavy atom. The van der Waals surface area contributed by atoms with E-state index in [0.29, 0.717) is 18.0 Å². The fourth-order valence-corrected chi connectivity index (χ4v) is 4.22. The number of rotatable bonds is 11. The number of nitrogens with zero attached hydrogens (tertiary/aromatic N) is 2. The molecule has 0 bridgehead atoms. The quantitative estimate of drug-likeness (QED) is 0.291. The molecule has 0 unspecified atom stereocenters. The van der Waals surface area contributed by atoms with Crippen LogP contribution in [0.15, 0.2) is 51.4 Å². The number of benzene rings is 1. The van der Waals surface area contributed by atoms with Gasteiger partial charge in [-0.2, -0.15) is 0 Å². The standard InChI is InChI=1S/C22H26N6O5S/c1-33-10-5-9-27(13-16(29)25-21-15(19(24)30)8-11-34-21)17-18(23)28(22(32)26-20(17)31)12-14-6-3-2-4-7-14/h2-4,6-8,11H,5,9-10,12-13,23H2,1H3,(H2,24,30)(H,25,29)(H,26,31,32). The number of methoxy groups -OCH3 is 1. The number of nitrogen functional groups attached to an aromatic ring is 1. The van der Waals surface area contributed by atoms with Crippen LogP contribution in [0.5, 0.6) is 0 Å². The Bertz CT molecular complexity index is 1270. The van der Waals surface area contributed by atoms with Crippen molar-refractivity contribution in [3.05, 3.63) is 73.7 Å². The number of aromatic amines is 1. The Labute approximate surface area is 199 Å². The topological polar surface area (TPSA) is 166 Å². The van der Waals surface area contributed by atoms with Gasteiger partial charge in [-0.1, -0.05) is 30.3 Å². The smallest absolute Gasteiger partial charge is 0.330 e. The molecule has 0 aliphatic carbocycles. The summed E-state index contributed by atoms with van der Waals surface area (Å²) in [6, 6.07) is 10.7. The van der Waals surface area contributed by atoms with Crippen molar-refractivity contribution in [2.45, 2.75) is 13.0 Å². The second-order valence-corrected chi connectivity index (χ2v) is 8.32. The average molecular weight is 487 g/mol. The predicted octanol–water partition coefficient (Wildman–Crippen LogP) is 0.809. The molecule has 11 nitrogen and oxygen atoms in total. The van der Waals surface area contributed by atoms with Crippen LogP contribution in [-0.2, 0) is 16.1 Å². The SMILES string of the molecule is COCCCN(CC(=O)Nc1sccc1C(N)=O)c1c(N)n(Cc2ccccc2)c(=O)[nH]c1=O. The number of aromatic nitrogens is 2. The highest BCUT2D eigenvalue weighted by atomic mass is 32.1. The van der Waals surface area contributed by atoms with E-state index in [1.807, 2.05) is 30.3 Å². The second-order valence-electron chi connectivity index (χ2n) is 7.41. The zero-order chi connectivity index (χ0) is 24.7. The van der Waals surface area contributed by atoms with E-state index in [4.69, 9.17) is 16.2 Å². The number of H-pyrrole nitrogens is 1. The van der Waals surface area contributed by atoms with Crippen molar-refractivity contribution in [2.75, 3.05) is 42.8 Å². The molecule has 0 aliphatic rings. The Hall–Kier alpha value is -3.90. The minimum atomic E-state index is -0.703. The first-order valence-corrected chi connectivity index (χ1v) is 11.3. The Morgan fingerprint density at radius 2 is 1.94 bits per heavy atom. The molecular weight excluding hydrogens is 460 g/mol. The summed E-state index contributed by atoms with van der Waals surface area (Å²) >= 11 is 1.15. The van der Waals surface area contributed by atoms with Gasteiger partial charge in [-0.15, -0.1) is 11.3 Å². The normalized spacial score (nSPS) is 10.7. The number of nitrogens with one attached hydrogen (secondary N) is 2. The van der Waals surface area contributed by atoms with Gasteiger partial charge in [0.1, 0.15) is 16.5 Å². The number of hydrogen-bond acceptors (Lipinski definition) is 8. The number of anilines is 3. The molecule has 12 heteroatoms. The van der Waals surface area contributed by atoms with Gasteiger partial charge in [0.05, 0.1) is 18.7 Å². The largest absolute Gasteiger partial charge is 0.385 e. The third kappa shape index (κ3) is 5.91. The van der Waals surface area contributed by atoms with Crippen LogP contribution in [0, 0.1) is 0 Å². The van der Waals surface area contributed by atoms with E-state index < -0.39 is 23.1 Å². The number of thiophene rings is 1. The third-order valence-corrected chi connectivity index (χ3v) is 5.84. The van der Waals surface area contributed by atoms with E-state index in [1.165, 1.54) is 15.5 Å². The monoisotopic (exact) mass is 486 g/mol. The molecule has 34 heavy (non-hydrogen) atoms. The Morgan fingerprint density at radius 3 is 2.62 bits per heavy atom. The number of amides is 2. The van der Waals surface area contributed by atoms with Gasteiger partial charge in [0.15, 0.2) is 0 Å². The Balaban J connectivity index is 1.93. The van der Waals surface area contributed by atoms with Crippen molar-refractivity contribution in [3.63, 3.8) is 0 Å². The molecule has 6 N–H and O–H groups in total. The highest BCUT2D eigenvalue weighted by Crippen LogP contribution is 2.23. The molecule has 2 heterocycles. The van der Waals surface area contributed by atoms with E-state index in [2.05, 4.69) is 10.3 Å². The molecule has 2 aromatic heterocycles. The van der Waals surface area contributed by atoms with Gasteiger partial charge in [-0.05, 0) is 23.4 Å². The van der Waals surface area contributed by atoms with Crippen LogP contribution in [0.25, 0.3) is 0 Å². The predicted molar refractivity (Wildman–Crippen MR) is 131 cm³/mol. The van der Waals surface area contributed by atoms with Gasteiger partial charge in [-0.3, -0.25) is 23.9 Å². The Kier molecular flexibility index (Phi) is 8.22. The maximum absolute atomic E-state index is 12.8. The van der Waals surface area contributed by atoms with Gasteiger partial charge < -0.3 is 26.4 Å². The van der Waals surface area contributed by atoms with Gasteiger partial charge in [0, 0.05) is 20.3 Å². The van der Waals surface area contributed by atoms with Crippen LogP contribution >= 0.6 is 11.3 Å². The maximum atomic E-state index is 12.8. The highest BCUT2D eigenvalue weighted by Gasteiger charge is 2.22. The lowest BCUT2D eigenvalue weighted by atomic mass is 10.2. The fourth-order valence-electron chi connectivity index (χ4n) is 3.42. The van der Waals surface area contributed by atoms with Crippen molar-refractivity contribution < 1.29 is 14.3 Å². The number of primary amides is 1. The minimum absolute atomic E-state index is 0.00286.